The van der Waals surface area contributed by atoms with Gasteiger partial charge in [0.25, 0.3) is 0 Å². The summed E-state index contributed by atoms with van der Waals surface area (Å²) in [6.07, 6.45) is 0.396. The Labute approximate surface area is 126 Å². The lowest BCUT2D eigenvalue weighted by Gasteiger charge is -2.42. The van der Waals surface area contributed by atoms with Gasteiger partial charge in [0.1, 0.15) is 0 Å². The Morgan fingerprint density at radius 3 is 2.43 bits per heavy atom. The molecule has 21 heavy (non-hydrogen) atoms. The molecule has 3 aliphatic heterocycles. The van der Waals surface area contributed by atoms with Gasteiger partial charge in [-0.15, -0.1) is 0 Å². The molecule has 4 rings (SSSR count). The van der Waals surface area contributed by atoms with Crippen molar-refractivity contribution >= 4 is 5.69 Å². The van der Waals surface area contributed by atoms with Crippen LogP contribution in [0.4, 0.5) is 5.69 Å². The number of hydrogen-bond acceptors (Lipinski definition) is 5. The average Bonchev–Trinajstić information content (AvgIpc) is 2.88. The first-order valence-electron chi connectivity index (χ1n) is 7.86. The third kappa shape index (κ3) is 2.94. The van der Waals surface area contributed by atoms with E-state index in [1.54, 1.807) is 0 Å². The Kier molecular flexibility index (Phi) is 4.22. The number of hydrogen-bond donors (Lipinski definition) is 1. The number of anilines is 1. The molecule has 0 aliphatic carbocycles. The van der Waals surface area contributed by atoms with E-state index < -0.39 is 0 Å². The highest BCUT2D eigenvalue weighted by Crippen LogP contribution is 2.38. The minimum absolute atomic E-state index is 0.182. The van der Waals surface area contributed by atoms with Gasteiger partial charge in [0.05, 0.1) is 12.2 Å². The van der Waals surface area contributed by atoms with Crippen molar-refractivity contribution in [3.8, 4) is 11.5 Å². The van der Waals surface area contributed by atoms with Crippen LogP contribution in [-0.4, -0.2) is 44.7 Å². The maximum atomic E-state index is 5.92. The summed E-state index contributed by atoms with van der Waals surface area (Å²) in [4.78, 5) is 2.38. The third-order valence-electron chi connectivity index (χ3n) is 3.86. The predicted molar refractivity (Wildman–Crippen MR) is 82.3 cm³/mol. The molecule has 1 aromatic rings. The van der Waals surface area contributed by atoms with E-state index in [9.17, 15) is 0 Å². The van der Waals surface area contributed by atoms with Crippen LogP contribution in [-0.2, 0) is 4.74 Å². The molecule has 2 fully saturated rings. The highest BCUT2D eigenvalue weighted by Gasteiger charge is 2.32. The standard InChI is InChI=1S/C14H18N2O3.C2H6/c1-9-17-13-3-2-10(4-14(13)18-9)16-7-11-5-15-6-12(8-16)19-11;1-2/h2-4,9,11-12,15H,5-8H2,1H3;1-2H3. The smallest absolute Gasteiger partial charge is 0.238 e. The van der Waals surface area contributed by atoms with Crippen LogP contribution < -0.4 is 19.7 Å². The van der Waals surface area contributed by atoms with Gasteiger partial charge in [0.2, 0.25) is 6.29 Å². The van der Waals surface area contributed by atoms with Crippen LogP contribution in [0.25, 0.3) is 0 Å². The zero-order valence-electron chi connectivity index (χ0n) is 13.0. The molecule has 0 radical (unpaired) electrons. The highest BCUT2D eigenvalue weighted by molar-refractivity contribution is 5.57. The lowest BCUT2D eigenvalue weighted by atomic mass is 10.1. The summed E-state index contributed by atoms with van der Waals surface area (Å²) in [6, 6.07) is 6.18. The van der Waals surface area contributed by atoms with E-state index in [0.29, 0.717) is 0 Å². The number of benzene rings is 1. The van der Waals surface area contributed by atoms with Gasteiger partial charge in [0, 0.05) is 44.9 Å². The Bertz CT molecular complexity index is 482. The lowest BCUT2D eigenvalue weighted by molar-refractivity contribution is -0.0484. The molecule has 0 saturated carbocycles. The summed E-state index contributed by atoms with van der Waals surface area (Å²) in [5, 5.41) is 3.41. The molecule has 1 N–H and O–H groups in total. The summed E-state index contributed by atoms with van der Waals surface area (Å²) >= 11 is 0. The average molecular weight is 292 g/mol. The van der Waals surface area contributed by atoms with Gasteiger partial charge in [-0.05, 0) is 12.1 Å². The summed E-state index contributed by atoms with van der Waals surface area (Å²) < 4.78 is 17.1. The van der Waals surface area contributed by atoms with Gasteiger partial charge < -0.3 is 24.4 Å². The van der Waals surface area contributed by atoms with Gasteiger partial charge in [-0.3, -0.25) is 0 Å². The van der Waals surface area contributed by atoms with Crippen molar-refractivity contribution in [3.63, 3.8) is 0 Å². The van der Waals surface area contributed by atoms with Crippen molar-refractivity contribution in [1.82, 2.24) is 5.32 Å². The largest absolute Gasteiger partial charge is 0.451 e. The zero-order chi connectivity index (χ0) is 14.8. The first-order chi connectivity index (χ1) is 10.3. The fourth-order valence-corrected chi connectivity index (χ4v) is 3.03. The minimum atomic E-state index is -0.182. The van der Waals surface area contributed by atoms with Gasteiger partial charge >= 0.3 is 0 Å². The molecule has 116 valence electrons. The van der Waals surface area contributed by atoms with Gasteiger partial charge in [-0.1, -0.05) is 13.8 Å². The Morgan fingerprint density at radius 2 is 1.71 bits per heavy atom. The van der Waals surface area contributed by atoms with E-state index >= 15 is 0 Å². The first kappa shape index (κ1) is 14.5. The molecule has 0 aromatic heterocycles. The molecule has 2 saturated heterocycles. The molecule has 3 aliphatic rings. The van der Waals surface area contributed by atoms with Gasteiger partial charge in [-0.25, -0.2) is 0 Å². The molecule has 3 atom stereocenters. The van der Waals surface area contributed by atoms with E-state index in [1.807, 2.05) is 26.8 Å². The third-order valence-corrected chi connectivity index (χ3v) is 3.86. The van der Waals surface area contributed by atoms with E-state index in [1.165, 1.54) is 5.69 Å². The number of fused-ring (bicyclic) bond motifs is 3. The van der Waals surface area contributed by atoms with Gasteiger partial charge in [-0.2, -0.15) is 0 Å². The second kappa shape index (κ2) is 6.12. The first-order valence-corrected chi connectivity index (χ1v) is 7.86. The molecule has 0 amide bonds. The zero-order valence-corrected chi connectivity index (χ0v) is 13.0. The number of ether oxygens (including phenoxy) is 3. The maximum Gasteiger partial charge on any atom is 0.238 e. The normalized spacial score (nSPS) is 29.7. The SMILES string of the molecule is CC.CC1Oc2ccc(N3CC4CNCC(C3)O4)cc2O1. The van der Waals surface area contributed by atoms with E-state index in [0.717, 1.165) is 37.7 Å². The van der Waals surface area contributed by atoms with Crippen molar-refractivity contribution in [2.45, 2.75) is 39.3 Å². The van der Waals surface area contributed by atoms with Crippen molar-refractivity contribution < 1.29 is 14.2 Å². The lowest BCUT2D eigenvalue weighted by Crippen LogP contribution is -2.58. The summed E-state index contributed by atoms with van der Waals surface area (Å²) in [6.45, 7) is 9.64. The molecule has 5 nitrogen and oxygen atoms in total. The van der Waals surface area contributed by atoms with E-state index in [-0.39, 0.29) is 18.5 Å². The second-order valence-corrected chi connectivity index (χ2v) is 5.38. The fourth-order valence-electron chi connectivity index (χ4n) is 3.03. The summed E-state index contributed by atoms with van der Waals surface area (Å²) in [5.74, 6) is 1.69. The van der Waals surface area contributed by atoms with Crippen LogP contribution in [0.3, 0.4) is 0 Å². The molecule has 0 spiro atoms. The van der Waals surface area contributed by atoms with Crippen LogP contribution >= 0.6 is 0 Å². The van der Waals surface area contributed by atoms with E-state index in [4.69, 9.17) is 14.2 Å². The van der Waals surface area contributed by atoms with Crippen LogP contribution in [0, 0.1) is 0 Å². The van der Waals surface area contributed by atoms with E-state index in [2.05, 4.69) is 22.3 Å². The molecule has 5 heteroatoms. The molecular weight excluding hydrogens is 268 g/mol. The van der Waals surface area contributed by atoms with Crippen LogP contribution in [0.15, 0.2) is 18.2 Å². The second-order valence-electron chi connectivity index (χ2n) is 5.38. The van der Waals surface area contributed by atoms with Gasteiger partial charge in [0.15, 0.2) is 11.5 Å². The highest BCUT2D eigenvalue weighted by atomic mass is 16.7. The predicted octanol–water partition coefficient (Wildman–Crippen LogP) is 2.01. The van der Waals surface area contributed by atoms with Crippen molar-refractivity contribution in [3.05, 3.63) is 18.2 Å². The summed E-state index contributed by atoms with van der Waals surface area (Å²) in [7, 11) is 0. The van der Waals surface area contributed by atoms with Crippen LogP contribution in [0.5, 0.6) is 11.5 Å². The Morgan fingerprint density at radius 1 is 1.05 bits per heavy atom. The number of nitrogens with zero attached hydrogens (tertiary/aromatic N) is 1. The fraction of sp³-hybridized carbons (Fsp3) is 0.625. The Hall–Kier alpha value is -1.46. The molecule has 1 aromatic carbocycles. The molecule has 3 heterocycles. The van der Waals surface area contributed by atoms with Crippen LogP contribution in [0.1, 0.15) is 20.8 Å². The maximum absolute atomic E-state index is 5.92. The molecule has 2 bridgehead atoms. The van der Waals surface area contributed by atoms with Crippen molar-refractivity contribution in [1.29, 1.82) is 0 Å². The number of rotatable bonds is 1. The monoisotopic (exact) mass is 292 g/mol. The Balaban J connectivity index is 0.000000636. The van der Waals surface area contributed by atoms with Crippen molar-refractivity contribution in [2.75, 3.05) is 31.1 Å². The minimum Gasteiger partial charge on any atom is -0.451 e. The van der Waals surface area contributed by atoms with Crippen molar-refractivity contribution in [2.24, 2.45) is 0 Å². The molecular formula is C16H24N2O3. The topological polar surface area (TPSA) is 43.0 Å². The number of morpholine rings is 2. The number of nitrogens with one attached hydrogen (secondary N) is 1. The van der Waals surface area contributed by atoms with Crippen LogP contribution in [0.2, 0.25) is 0 Å². The quantitative estimate of drug-likeness (QED) is 0.857. The molecule has 3 unspecified atom stereocenters. The summed E-state index contributed by atoms with van der Waals surface area (Å²) in [5.41, 5.74) is 1.19.